The van der Waals surface area contributed by atoms with Gasteiger partial charge in [0.25, 0.3) is 0 Å². The van der Waals surface area contributed by atoms with Crippen molar-refractivity contribution in [3.8, 4) is 5.75 Å². The summed E-state index contributed by atoms with van der Waals surface area (Å²) in [6.07, 6.45) is 0.115. The standard InChI is InChI=1S/C17H20N4O/c1-10(2)22-15-8-6-5-7-14(15)21-17-13-9-11(3)18-16(13)19-12(4)20-17/h5-10H,1-4H3,(H2,18,19,20,21). The largest absolute Gasteiger partial charge is 0.489 e. The lowest BCUT2D eigenvalue weighted by atomic mass is 10.2. The zero-order chi connectivity index (χ0) is 15.7. The second-order valence-electron chi connectivity index (χ2n) is 5.62. The number of aromatic nitrogens is 3. The summed E-state index contributed by atoms with van der Waals surface area (Å²) >= 11 is 0. The van der Waals surface area contributed by atoms with Crippen LogP contribution in [-0.4, -0.2) is 21.1 Å². The number of aryl methyl sites for hydroxylation is 2. The lowest BCUT2D eigenvalue weighted by Crippen LogP contribution is -2.07. The number of fused-ring (bicyclic) bond motifs is 1. The van der Waals surface area contributed by atoms with Gasteiger partial charge in [0, 0.05) is 5.69 Å². The third-order valence-electron chi connectivity index (χ3n) is 3.24. The Kier molecular flexibility index (Phi) is 3.71. The zero-order valence-electron chi connectivity index (χ0n) is 13.3. The molecule has 0 spiro atoms. The van der Waals surface area contributed by atoms with Crippen molar-refractivity contribution in [2.45, 2.75) is 33.8 Å². The second-order valence-corrected chi connectivity index (χ2v) is 5.62. The normalized spacial score (nSPS) is 11.1. The quantitative estimate of drug-likeness (QED) is 0.760. The number of para-hydroxylation sites is 2. The van der Waals surface area contributed by atoms with Crippen molar-refractivity contribution in [2.24, 2.45) is 0 Å². The Morgan fingerprint density at radius 2 is 1.91 bits per heavy atom. The highest BCUT2D eigenvalue weighted by Crippen LogP contribution is 2.30. The highest BCUT2D eigenvalue weighted by Gasteiger charge is 2.11. The molecule has 0 bridgehead atoms. The maximum atomic E-state index is 5.85. The van der Waals surface area contributed by atoms with E-state index in [2.05, 4.69) is 20.3 Å². The summed E-state index contributed by atoms with van der Waals surface area (Å²) in [5.74, 6) is 2.32. The van der Waals surface area contributed by atoms with Crippen LogP contribution in [0.15, 0.2) is 30.3 Å². The Morgan fingerprint density at radius 1 is 1.14 bits per heavy atom. The van der Waals surface area contributed by atoms with Crippen LogP contribution < -0.4 is 10.1 Å². The van der Waals surface area contributed by atoms with Gasteiger partial charge in [-0.05, 0) is 45.9 Å². The van der Waals surface area contributed by atoms with Crippen LogP contribution >= 0.6 is 0 Å². The summed E-state index contributed by atoms with van der Waals surface area (Å²) in [7, 11) is 0. The number of rotatable bonds is 4. The summed E-state index contributed by atoms with van der Waals surface area (Å²) in [5.41, 5.74) is 2.80. The number of nitrogens with zero attached hydrogens (tertiary/aromatic N) is 2. The molecule has 0 saturated carbocycles. The van der Waals surface area contributed by atoms with Gasteiger partial charge in [-0.3, -0.25) is 0 Å². The topological polar surface area (TPSA) is 62.8 Å². The molecule has 0 saturated heterocycles. The number of hydrogen-bond acceptors (Lipinski definition) is 4. The molecule has 5 heteroatoms. The average Bonchev–Trinajstić information content (AvgIpc) is 2.80. The molecule has 1 aromatic carbocycles. The molecular formula is C17H20N4O. The molecule has 0 fully saturated rings. The molecule has 0 unspecified atom stereocenters. The first-order valence-corrected chi connectivity index (χ1v) is 7.39. The maximum Gasteiger partial charge on any atom is 0.143 e. The highest BCUT2D eigenvalue weighted by molar-refractivity contribution is 5.90. The van der Waals surface area contributed by atoms with Gasteiger partial charge < -0.3 is 15.0 Å². The summed E-state index contributed by atoms with van der Waals surface area (Å²) in [5, 5.41) is 4.35. The second kappa shape index (κ2) is 5.67. The van der Waals surface area contributed by atoms with E-state index in [9.17, 15) is 0 Å². The van der Waals surface area contributed by atoms with Crippen LogP contribution in [0.5, 0.6) is 5.75 Å². The van der Waals surface area contributed by atoms with Gasteiger partial charge in [-0.25, -0.2) is 9.97 Å². The van der Waals surface area contributed by atoms with E-state index < -0.39 is 0 Å². The first kappa shape index (κ1) is 14.4. The van der Waals surface area contributed by atoms with E-state index in [1.54, 1.807) is 0 Å². The Bertz CT molecular complexity index is 808. The van der Waals surface area contributed by atoms with Crippen LogP contribution in [0, 0.1) is 13.8 Å². The molecule has 0 aliphatic heterocycles. The number of H-pyrrole nitrogens is 1. The molecule has 2 aromatic heterocycles. The maximum absolute atomic E-state index is 5.85. The Labute approximate surface area is 129 Å². The predicted octanol–water partition coefficient (Wildman–Crippen LogP) is 4.11. The number of aromatic amines is 1. The zero-order valence-corrected chi connectivity index (χ0v) is 13.3. The van der Waals surface area contributed by atoms with Crippen LogP contribution in [0.2, 0.25) is 0 Å². The van der Waals surface area contributed by atoms with E-state index in [-0.39, 0.29) is 6.10 Å². The van der Waals surface area contributed by atoms with E-state index in [0.29, 0.717) is 0 Å². The van der Waals surface area contributed by atoms with Crippen LogP contribution in [0.25, 0.3) is 11.0 Å². The highest BCUT2D eigenvalue weighted by atomic mass is 16.5. The van der Waals surface area contributed by atoms with E-state index in [1.807, 2.05) is 58.0 Å². The van der Waals surface area contributed by atoms with E-state index in [0.717, 1.165) is 39.8 Å². The van der Waals surface area contributed by atoms with E-state index in [1.165, 1.54) is 0 Å². The molecule has 0 aliphatic rings. The SMILES string of the molecule is Cc1nc(Nc2ccccc2OC(C)C)c2cc(C)[nH]c2n1. The lowest BCUT2D eigenvalue weighted by Gasteiger charge is -2.15. The number of nitrogens with one attached hydrogen (secondary N) is 2. The Morgan fingerprint density at radius 3 is 2.68 bits per heavy atom. The number of anilines is 2. The van der Waals surface area contributed by atoms with Gasteiger partial charge in [0.05, 0.1) is 17.2 Å². The van der Waals surface area contributed by atoms with Crippen molar-refractivity contribution in [3.05, 3.63) is 41.9 Å². The van der Waals surface area contributed by atoms with Crippen LogP contribution in [-0.2, 0) is 0 Å². The van der Waals surface area contributed by atoms with Gasteiger partial charge in [-0.2, -0.15) is 0 Å². The van der Waals surface area contributed by atoms with Gasteiger partial charge in [-0.15, -0.1) is 0 Å². The molecule has 22 heavy (non-hydrogen) atoms. The smallest absolute Gasteiger partial charge is 0.143 e. The predicted molar refractivity (Wildman–Crippen MR) is 88.9 cm³/mol. The monoisotopic (exact) mass is 296 g/mol. The molecule has 0 aliphatic carbocycles. The molecule has 114 valence electrons. The third-order valence-corrected chi connectivity index (χ3v) is 3.24. The average molecular weight is 296 g/mol. The fourth-order valence-corrected chi connectivity index (χ4v) is 2.40. The fourth-order valence-electron chi connectivity index (χ4n) is 2.40. The van der Waals surface area contributed by atoms with Crippen LogP contribution in [0.1, 0.15) is 25.4 Å². The third kappa shape index (κ3) is 2.88. The summed E-state index contributed by atoms with van der Waals surface area (Å²) < 4.78 is 5.85. The Balaban J connectivity index is 2.03. The first-order chi connectivity index (χ1) is 10.5. The molecule has 3 rings (SSSR count). The van der Waals surface area contributed by atoms with Crippen molar-refractivity contribution >= 4 is 22.5 Å². The number of hydrogen-bond donors (Lipinski definition) is 2. The van der Waals surface area contributed by atoms with Gasteiger partial charge in [0.2, 0.25) is 0 Å². The summed E-state index contributed by atoms with van der Waals surface area (Å²) in [4.78, 5) is 12.2. The van der Waals surface area contributed by atoms with Crippen molar-refractivity contribution in [1.29, 1.82) is 0 Å². The summed E-state index contributed by atoms with van der Waals surface area (Å²) in [6, 6.07) is 9.92. The minimum Gasteiger partial charge on any atom is -0.489 e. The molecule has 0 radical (unpaired) electrons. The van der Waals surface area contributed by atoms with Crippen LogP contribution in [0.4, 0.5) is 11.5 Å². The molecule has 5 nitrogen and oxygen atoms in total. The van der Waals surface area contributed by atoms with Crippen molar-refractivity contribution in [1.82, 2.24) is 15.0 Å². The van der Waals surface area contributed by atoms with Gasteiger partial charge in [-0.1, -0.05) is 12.1 Å². The summed E-state index contributed by atoms with van der Waals surface area (Å²) in [6.45, 7) is 7.92. The van der Waals surface area contributed by atoms with Gasteiger partial charge in [0.15, 0.2) is 0 Å². The van der Waals surface area contributed by atoms with Gasteiger partial charge >= 0.3 is 0 Å². The number of ether oxygens (including phenoxy) is 1. The molecule has 2 heterocycles. The van der Waals surface area contributed by atoms with Crippen molar-refractivity contribution < 1.29 is 4.74 Å². The van der Waals surface area contributed by atoms with Crippen molar-refractivity contribution in [2.75, 3.05) is 5.32 Å². The van der Waals surface area contributed by atoms with E-state index in [4.69, 9.17) is 4.74 Å². The molecule has 0 amide bonds. The molecular weight excluding hydrogens is 276 g/mol. The van der Waals surface area contributed by atoms with Crippen molar-refractivity contribution in [3.63, 3.8) is 0 Å². The number of benzene rings is 1. The minimum atomic E-state index is 0.115. The van der Waals surface area contributed by atoms with Crippen LogP contribution in [0.3, 0.4) is 0 Å². The minimum absolute atomic E-state index is 0.115. The van der Waals surface area contributed by atoms with E-state index >= 15 is 0 Å². The molecule has 0 atom stereocenters. The molecule has 3 aromatic rings. The van der Waals surface area contributed by atoms with Gasteiger partial charge in [0.1, 0.15) is 23.0 Å². The molecule has 2 N–H and O–H groups in total. The Hall–Kier alpha value is -2.56. The fraction of sp³-hybridized carbons (Fsp3) is 0.294. The first-order valence-electron chi connectivity index (χ1n) is 7.39. The lowest BCUT2D eigenvalue weighted by molar-refractivity contribution is 0.244.